The van der Waals surface area contributed by atoms with Crippen molar-refractivity contribution < 1.29 is 9.15 Å². The number of hydrogen-bond acceptors (Lipinski definition) is 3. The zero-order valence-electron chi connectivity index (χ0n) is 12.3. The van der Waals surface area contributed by atoms with Gasteiger partial charge in [-0.3, -0.25) is 0 Å². The van der Waals surface area contributed by atoms with Gasteiger partial charge in [-0.05, 0) is 59.7 Å². The average Bonchev–Trinajstić information content (AvgIpc) is 2.71. The first-order valence-corrected chi connectivity index (χ1v) is 6.68. The van der Waals surface area contributed by atoms with Crippen molar-refractivity contribution in [3.63, 3.8) is 0 Å². The lowest BCUT2D eigenvalue weighted by molar-refractivity contribution is -0.0782. The maximum atomic E-state index is 6.19. The Morgan fingerprint density at radius 1 is 1.33 bits per heavy atom. The predicted molar refractivity (Wildman–Crippen MR) is 72.6 cm³/mol. The molecule has 1 aliphatic heterocycles. The van der Waals surface area contributed by atoms with Gasteiger partial charge in [0.1, 0.15) is 5.76 Å². The van der Waals surface area contributed by atoms with Gasteiger partial charge in [0.25, 0.3) is 0 Å². The SMILES string of the molecule is CNC(c1occc1C)C1CC(C)(C)OC1(C)C. The standard InChI is InChI=1S/C15H25NO2/c1-10-7-8-17-13(10)12(16-6)11-9-14(2,3)18-15(11,4)5/h7-8,11-12,16H,9H2,1-6H3. The number of rotatable bonds is 3. The maximum Gasteiger partial charge on any atom is 0.123 e. The van der Waals surface area contributed by atoms with Gasteiger partial charge in [0.15, 0.2) is 0 Å². The molecule has 102 valence electrons. The van der Waals surface area contributed by atoms with Crippen molar-refractivity contribution in [2.45, 2.75) is 58.3 Å². The molecule has 0 aliphatic carbocycles. The fourth-order valence-electron chi connectivity index (χ4n) is 3.34. The molecule has 2 atom stereocenters. The Balaban J connectivity index is 2.32. The highest BCUT2D eigenvalue weighted by molar-refractivity contribution is 5.21. The fraction of sp³-hybridized carbons (Fsp3) is 0.733. The normalized spacial score (nSPS) is 27.3. The lowest BCUT2D eigenvalue weighted by atomic mass is 9.80. The number of aryl methyl sites for hydroxylation is 1. The Bertz CT molecular complexity index is 420. The topological polar surface area (TPSA) is 34.4 Å². The Morgan fingerprint density at radius 2 is 2.00 bits per heavy atom. The minimum absolute atomic E-state index is 0.0657. The fourth-order valence-corrected chi connectivity index (χ4v) is 3.34. The largest absolute Gasteiger partial charge is 0.467 e. The van der Waals surface area contributed by atoms with Gasteiger partial charge in [-0.25, -0.2) is 0 Å². The van der Waals surface area contributed by atoms with Crippen LogP contribution in [0.25, 0.3) is 0 Å². The summed E-state index contributed by atoms with van der Waals surface area (Å²) in [4.78, 5) is 0. The summed E-state index contributed by atoms with van der Waals surface area (Å²) in [5.41, 5.74) is 0.995. The lowest BCUT2D eigenvalue weighted by Crippen LogP contribution is -2.37. The molecule has 1 aromatic rings. The van der Waals surface area contributed by atoms with Crippen molar-refractivity contribution in [3.8, 4) is 0 Å². The van der Waals surface area contributed by atoms with E-state index in [4.69, 9.17) is 9.15 Å². The molecule has 1 saturated heterocycles. The molecule has 0 radical (unpaired) electrons. The molecule has 0 amide bonds. The van der Waals surface area contributed by atoms with Gasteiger partial charge in [-0.15, -0.1) is 0 Å². The first kappa shape index (κ1) is 13.6. The molecule has 18 heavy (non-hydrogen) atoms. The Kier molecular flexibility index (Phi) is 3.32. The van der Waals surface area contributed by atoms with Crippen LogP contribution >= 0.6 is 0 Å². The van der Waals surface area contributed by atoms with E-state index in [0.717, 1.165) is 12.2 Å². The van der Waals surface area contributed by atoms with Crippen LogP contribution in [0.15, 0.2) is 16.7 Å². The van der Waals surface area contributed by atoms with Crippen LogP contribution in [0.3, 0.4) is 0 Å². The number of hydrogen-bond donors (Lipinski definition) is 1. The van der Waals surface area contributed by atoms with Crippen molar-refractivity contribution in [2.75, 3.05) is 7.05 Å². The average molecular weight is 251 g/mol. The first-order valence-electron chi connectivity index (χ1n) is 6.68. The van der Waals surface area contributed by atoms with Gasteiger partial charge in [-0.2, -0.15) is 0 Å². The van der Waals surface area contributed by atoms with Gasteiger partial charge in [0.05, 0.1) is 23.5 Å². The van der Waals surface area contributed by atoms with E-state index in [1.807, 2.05) is 13.1 Å². The molecule has 0 saturated carbocycles. The summed E-state index contributed by atoms with van der Waals surface area (Å²) < 4.78 is 11.9. The predicted octanol–water partition coefficient (Wildman–Crippen LogP) is 3.44. The van der Waals surface area contributed by atoms with E-state index in [0.29, 0.717) is 5.92 Å². The van der Waals surface area contributed by atoms with E-state index >= 15 is 0 Å². The van der Waals surface area contributed by atoms with E-state index in [1.54, 1.807) is 6.26 Å². The van der Waals surface area contributed by atoms with Gasteiger partial charge in [-0.1, -0.05) is 0 Å². The molecule has 2 unspecified atom stereocenters. The van der Waals surface area contributed by atoms with E-state index in [9.17, 15) is 0 Å². The van der Waals surface area contributed by atoms with E-state index in [2.05, 4.69) is 39.9 Å². The quantitative estimate of drug-likeness (QED) is 0.893. The second-order valence-corrected chi connectivity index (χ2v) is 6.51. The third kappa shape index (κ3) is 2.34. The summed E-state index contributed by atoms with van der Waals surface area (Å²) in [6.07, 6.45) is 2.80. The molecule has 2 heterocycles. The zero-order valence-corrected chi connectivity index (χ0v) is 12.3. The van der Waals surface area contributed by atoms with Crippen LogP contribution in [0.1, 0.15) is 51.5 Å². The summed E-state index contributed by atoms with van der Waals surface area (Å²) >= 11 is 0. The smallest absolute Gasteiger partial charge is 0.123 e. The molecule has 1 aliphatic rings. The van der Waals surface area contributed by atoms with Crippen LogP contribution in [0.2, 0.25) is 0 Å². The van der Waals surface area contributed by atoms with Gasteiger partial charge >= 0.3 is 0 Å². The molecule has 0 bridgehead atoms. The van der Waals surface area contributed by atoms with Gasteiger partial charge < -0.3 is 14.5 Å². The highest BCUT2D eigenvalue weighted by atomic mass is 16.5. The molecule has 1 fully saturated rings. The van der Waals surface area contributed by atoms with Crippen LogP contribution in [0, 0.1) is 12.8 Å². The third-order valence-electron chi connectivity index (χ3n) is 4.04. The highest BCUT2D eigenvalue weighted by Gasteiger charge is 2.49. The first-order chi connectivity index (χ1) is 8.27. The van der Waals surface area contributed by atoms with Crippen molar-refractivity contribution in [2.24, 2.45) is 5.92 Å². The van der Waals surface area contributed by atoms with Crippen molar-refractivity contribution >= 4 is 0 Å². The number of furan rings is 1. The molecule has 1 N–H and O–H groups in total. The van der Waals surface area contributed by atoms with E-state index in [-0.39, 0.29) is 17.2 Å². The van der Waals surface area contributed by atoms with E-state index < -0.39 is 0 Å². The second-order valence-electron chi connectivity index (χ2n) is 6.51. The summed E-state index contributed by atoms with van der Waals surface area (Å²) in [7, 11) is 1.99. The number of nitrogens with one attached hydrogen (secondary N) is 1. The van der Waals surface area contributed by atoms with E-state index in [1.165, 1.54) is 5.56 Å². The van der Waals surface area contributed by atoms with Crippen molar-refractivity contribution in [1.29, 1.82) is 0 Å². The lowest BCUT2D eigenvalue weighted by Gasteiger charge is -2.32. The highest BCUT2D eigenvalue weighted by Crippen LogP contribution is 2.48. The molecule has 2 rings (SSSR count). The summed E-state index contributed by atoms with van der Waals surface area (Å²) in [5, 5.41) is 3.41. The Morgan fingerprint density at radius 3 is 2.39 bits per heavy atom. The van der Waals surface area contributed by atoms with Crippen LogP contribution in [-0.2, 0) is 4.74 Å². The minimum Gasteiger partial charge on any atom is -0.467 e. The van der Waals surface area contributed by atoms with Crippen LogP contribution in [0.4, 0.5) is 0 Å². The molecule has 0 spiro atoms. The van der Waals surface area contributed by atoms with Crippen molar-refractivity contribution in [1.82, 2.24) is 5.32 Å². The molecule has 3 nitrogen and oxygen atoms in total. The summed E-state index contributed by atoms with van der Waals surface area (Å²) in [6, 6.07) is 2.23. The van der Waals surface area contributed by atoms with Crippen LogP contribution < -0.4 is 5.32 Å². The Hall–Kier alpha value is -0.800. The Labute approximate surface area is 110 Å². The van der Waals surface area contributed by atoms with Gasteiger partial charge in [0, 0.05) is 5.92 Å². The third-order valence-corrected chi connectivity index (χ3v) is 4.04. The number of ether oxygens (including phenoxy) is 1. The molecule has 1 aromatic heterocycles. The van der Waals surface area contributed by atoms with Crippen molar-refractivity contribution in [3.05, 3.63) is 23.7 Å². The zero-order chi connectivity index (χ0) is 13.6. The van der Waals surface area contributed by atoms with Crippen LogP contribution in [0.5, 0.6) is 0 Å². The monoisotopic (exact) mass is 251 g/mol. The maximum absolute atomic E-state index is 6.19. The van der Waals surface area contributed by atoms with Crippen LogP contribution in [-0.4, -0.2) is 18.2 Å². The molecule has 3 heteroatoms. The van der Waals surface area contributed by atoms with Gasteiger partial charge in [0.2, 0.25) is 0 Å². The second kappa shape index (κ2) is 4.39. The minimum atomic E-state index is -0.142. The molecular weight excluding hydrogens is 226 g/mol. The summed E-state index contributed by atoms with van der Waals surface area (Å²) in [5.74, 6) is 1.44. The summed E-state index contributed by atoms with van der Waals surface area (Å²) in [6.45, 7) is 10.8. The molecule has 0 aromatic carbocycles. The molecular formula is C15H25NO2.